The first-order chi connectivity index (χ1) is 11.4. The number of aromatic nitrogens is 2. The third-order valence-electron chi connectivity index (χ3n) is 3.52. The van der Waals surface area contributed by atoms with Crippen molar-refractivity contribution in [2.45, 2.75) is 6.54 Å². The van der Waals surface area contributed by atoms with Gasteiger partial charge in [0.05, 0.1) is 17.0 Å². The molecule has 1 heterocycles. The van der Waals surface area contributed by atoms with Crippen LogP contribution >= 0.6 is 23.2 Å². The van der Waals surface area contributed by atoms with Crippen molar-refractivity contribution in [3.05, 3.63) is 67.8 Å². The summed E-state index contributed by atoms with van der Waals surface area (Å²) in [7, 11) is 0. The van der Waals surface area contributed by atoms with Crippen LogP contribution in [0.1, 0.15) is 16.1 Å². The van der Waals surface area contributed by atoms with Crippen molar-refractivity contribution < 1.29 is 14.8 Å². The molecule has 0 saturated carbocycles. The van der Waals surface area contributed by atoms with Gasteiger partial charge >= 0.3 is 5.97 Å². The molecule has 0 aliphatic heterocycles. The Morgan fingerprint density at radius 3 is 2.50 bits per heavy atom. The highest BCUT2D eigenvalue weighted by Gasteiger charge is 2.20. The van der Waals surface area contributed by atoms with E-state index >= 15 is 0 Å². The molecule has 0 amide bonds. The fraction of sp³-hybridized carbons (Fsp3) is 0.0667. The first kappa shape index (κ1) is 16.2. The van der Waals surface area contributed by atoms with Gasteiger partial charge in [0.1, 0.15) is 0 Å². The van der Waals surface area contributed by atoms with Gasteiger partial charge in [-0.3, -0.25) is 14.8 Å². The van der Waals surface area contributed by atoms with Gasteiger partial charge in [-0.25, -0.2) is 4.79 Å². The normalized spacial score (nSPS) is 10.9. The van der Waals surface area contributed by atoms with Crippen LogP contribution < -0.4 is 0 Å². The number of carbonyl (C=O) groups is 1. The highest BCUT2D eigenvalue weighted by Crippen LogP contribution is 2.29. The summed E-state index contributed by atoms with van der Waals surface area (Å²) in [6, 6.07) is 8.96. The molecular formula is C15H9Cl2N3O4. The van der Waals surface area contributed by atoms with Gasteiger partial charge in [-0.1, -0.05) is 29.3 Å². The first-order valence-corrected chi connectivity index (χ1v) is 7.45. The number of carboxylic acid groups (broad SMARTS) is 1. The summed E-state index contributed by atoms with van der Waals surface area (Å²) < 4.78 is 1.41. The average Bonchev–Trinajstić information content (AvgIpc) is 2.89. The lowest BCUT2D eigenvalue weighted by molar-refractivity contribution is -0.384. The molecule has 24 heavy (non-hydrogen) atoms. The van der Waals surface area contributed by atoms with E-state index in [4.69, 9.17) is 23.2 Å². The van der Waals surface area contributed by atoms with Gasteiger partial charge < -0.3 is 5.11 Å². The summed E-state index contributed by atoms with van der Waals surface area (Å²) in [6.45, 7) is 0.139. The van der Waals surface area contributed by atoms with E-state index in [1.165, 1.54) is 22.9 Å². The molecule has 0 aliphatic rings. The summed E-state index contributed by atoms with van der Waals surface area (Å²) in [5.41, 5.74) is 0.548. The van der Waals surface area contributed by atoms with Crippen molar-refractivity contribution in [2.24, 2.45) is 0 Å². The molecule has 0 spiro atoms. The minimum Gasteiger partial charge on any atom is -0.476 e. The van der Waals surface area contributed by atoms with Crippen LogP contribution in [0, 0.1) is 10.1 Å². The van der Waals surface area contributed by atoms with Crippen molar-refractivity contribution in [3.63, 3.8) is 0 Å². The number of nitro groups is 1. The Morgan fingerprint density at radius 2 is 1.92 bits per heavy atom. The zero-order chi connectivity index (χ0) is 17.4. The number of hydrogen-bond donors (Lipinski definition) is 1. The molecule has 9 heteroatoms. The van der Waals surface area contributed by atoms with Crippen molar-refractivity contribution in [1.82, 2.24) is 9.78 Å². The molecule has 0 bridgehead atoms. The van der Waals surface area contributed by atoms with Crippen molar-refractivity contribution >= 4 is 45.8 Å². The summed E-state index contributed by atoms with van der Waals surface area (Å²) >= 11 is 12.3. The lowest BCUT2D eigenvalue weighted by Crippen LogP contribution is -2.05. The molecule has 3 rings (SSSR count). The van der Waals surface area contributed by atoms with Gasteiger partial charge in [-0.2, -0.15) is 5.10 Å². The van der Waals surface area contributed by atoms with Gasteiger partial charge in [0.25, 0.3) is 5.69 Å². The molecule has 2 aromatic carbocycles. The maximum atomic E-state index is 11.4. The van der Waals surface area contributed by atoms with Crippen LogP contribution in [-0.4, -0.2) is 25.8 Å². The average molecular weight is 366 g/mol. The molecule has 0 saturated heterocycles. The Labute approximate surface area is 145 Å². The van der Waals surface area contributed by atoms with Crippen LogP contribution in [0.15, 0.2) is 36.4 Å². The number of aromatic carboxylic acids is 1. The third-order valence-corrected chi connectivity index (χ3v) is 4.23. The monoisotopic (exact) mass is 365 g/mol. The Hall–Kier alpha value is -2.64. The third kappa shape index (κ3) is 2.79. The summed E-state index contributed by atoms with van der Waals surface area (Å²) in [5.74, 6) is -1.27. The number of rotatable bonds is 4. The van der Waals surface area contributed by atoms with Gasteiger partial charge in [0, 0.05) is 33.1 Å². The summed E-state index contributed by atoms with van der Waals surface area (Å²) in [6.07, 6.45) is 0. The second-order valence-corrected chi connectivity index (χ2v) is 5.78. The molecule has 0 aliphatic carbocycles. The fourth-order valence-corrected chi connectivity index (χ4v) is 2.91. The molecule has 122 valence electrons. The minimum atomic E-state index is -1.27. The number of nitrogens with zero attached hydrogens (tertiary/aromatic N) is 3. The lowest BCUT2D eigenvalue weighted by atomic mass is 10.2. The number of non-ortho nitro benzene ring substituents is 1. The molecule has 0 atom stereocenters. The van der Waals surface area contributed by atoms with Crippen molar-refractivity contribution in [3.8, 4) is 0 Å². The van der Waals surface area contributed by atoms with Crippen LogP contribution in [0.4, 0.5) is 5.69 Å². The molecule has 0 radical (unpaired) electrons. The number of carboxylic acids is 1. The number of benzene rings is 2. The topological polar surface area (TPSA) is 98.3 Å². The fourth-order valence-electron chi connectivity index (χ4n) is 2.39. The van der Waals surface area contributed by atoms with E-state index in [9.17, 15) is 20.0 Å². The Kier molecular flexibility index (Phi) is 4.13. The maximum absolute atomic E-state index is 11.4. The van der Waals surface area contributed by atoms with E-state index < -0.39 is 10.9 Å². The number of halogens is 2. The van der Waals surface area contributed by atoms with Crippen LogP contribution in [0.2, 0.25) is 10.0 Å². The highest BCUT2D eigenvalue weighted by atomic mass is 35.5. The lowest BCUT2D eigenvalue weighted by Gasteiger charge is -2.08. The van der Waals surface area contributed by atoms with Crippen LogP contribution in [-0.2, 0) is 6.54 Å². The second kappa shape index (κ2) is 6.10. The van der Waals surface area contributed by atoms with Crippen LogP contribution in [0.25, 0.3) is 10.9 Å². The number of nitro benzene ring substituents is 1. The smallest absolute Gasteiger partial charge is 0.357 e. The predicted molar refractivity (Wildman–Crippen MR) is 88.9 cm³/mol. The molecule has 7 nitrogen and oxygen atoms in total. The zero-order valence-corrected chi connectivity index (χ0v) is 13.5. The standard InChI is InChI=1S/C15H9Cl2N3O4/c16-11-2-1-3-12(17)10(11)7-19-13-5-4-8(20(23)24)6-9(13)14(18-19)15(21)22/h1-6H,7H2,(H,21,22). The molecule has 1 aromatic heterocycles. The van der Waals surface area contributed by atoms with Crippen LogP contribution in [0.3, 0.4) is 0 Å². The highest BCUT2D eigenvalue weighted by molar-refractivity contribution is 6.36. The number of fused-ring (bicyclic) bond motifs is 1. The van der Waals surface area contributed by atoms with Gasteiger partial charge in [-0.05, 0) is 18.2 Å². The zero-order valence-electron chi connectivity index (χ0n) is 11.9. The van der Waals surface area contributed by atoms with E-state index in [2.05, 4.69) is 5.10 Å². The predicted octanol–water partition coefficient (Wildman–Crippen LogP) is 4.00. The Balaban J connectivity index is 2.18. The van der Waals surface area contributed by atoms with Crippen LogP contribution in [0.5, 0.6) is 0 Å². The molecule has 0 unspecified atom stereocenters. The summed E-state index contributed by atoms with van der Waals surface area (Å²) in [4.78, 5) is 21.7. The SMILES string of the molecule is O=C(O)c1nn(Cc2c(Cl)cccc2Cl)c2ccc([N+](=O)[O-])cc12. The van der Waals surface area contributed by atoms with Crippen molar-refractivity contribution in [2.75, 3.05) is 0 Å². The van der Waals surface area contributed by atoms with E-state index in [0.717, 1.165) is 0 Å². The Morgan fingerprint density at radius 1 is 1.25 bits per heavy atom. The second-order valence-electron chi connectivity index (χ2n) is 4.97. The Bertz CT molecular complexity index is 964. The summed E-state index contributed by atoms with van der Waals surface area (Å²) in [5, 5.41) is 25.3. The van der Waals surface area contributed by atoms with Crippen molar-refractivity contribution in [1.29, 1.82) is 0 Å². The van der Waals surface area contributed by atoms with E-state index in [1.807, 2.05) is 0 Å². The number of hydrogen-bond acceptors (Lipinski definition) is 4. The van der Waals surface area contributed by atoms with Gasteiger partial charge in [0.2, 0.25) is 0 Å². The maximum Gasteiger partial charge on any atom is 0.357 e. The quantitative estimate of drug-likeness (QED) is 0.556. The molecule has 3 aromatic rings. The van der Waals surface area contributed by atoms with E-state index in [-0.39, 0.29) is 23.3 Å². The van der Waals surface area contributed by atoms with E-state index in [1.54, 1.807) is 18.2 Å². The molecule has 0 fully saturated rings. The first-order valence-electron chi connectivity index (χ1n) is 6.69. The van der Waals surface area contributed by atoms with Gasteiger partial charge in [-0.15, -0.1) is 0 Å². The largest absolute Gasteiger partial charge is 0.476 e. The van der Waals surface area contributed by atoms with E-state index in [0.29, 0.717) is 21.1 Å². The molecule has 1 N–H and O–H groups in total. The van der Waals surface area contributed by atoms with Gasteiger partial charge in [0.15, 0.2) is 5.69 Å². The minimum absolute atomic E-state index is 0.139. The molecular weight excluding hydrogens is 357 g/mol.